The molecule has 9 heteroatoms. The molecule has 1 rings (SSSR count). The number of ether oxygens (including phenoxy) is 4. The smallest absolute Gasteiger partial charge is 0.303 e. The van der Waals surface area contributed by atoms with Crippen molar-refractivity contribution in [3.63, 3.8) is 0 Å². The Hall–Kier alpha value is -1.59. The van der Waals surface area contributed by atoms with Crippen molar-refractivity contribution >= 4 is 5.97 Å². The SMILES string of the molecule is CC/C=C\C/C=C\C/C=C\CCCCCCCCOCC(COC1OC(CO)C(O)C(O)C1O)OC(C)=O. The van der Waals surface area contributed by atoms with Crippen molar-refractivity contribution in [2.45, 2.75) is 115 Å². The van der Waals surface area contributed by atoms with Crippen LogP contribution in [0.15, 0.2) is 36.5 Å². The minimum Gasteiger partial charge on any atom is -0.458 e. The molecule has 0 saturated carbocycles. The van der Waals surface area contributed by atoms with Crippen molar-refractivity contribution in [2.24, 2.45) is 0 Å². The fourth-order valence-corrected chi connectivity index (χ4v) is 3.97. The van der Waals surface area contributed by atoms with Gasteiger partial charge in [0.1, 0.15) is 30.5 Å². The van der Waals surface area contributed by atoms with Crippen LogP contribution in [-0.4, -0.2) is 89.6 Å². The van der Waals surface area contributed by atoms with E-state index < -0.39 is 49.4 Å². The van der Waals surface area contributed by atoms with Crippen LogP contribution in [-0.2, 0) is 23.7 Å². The zero-order valence-corrected chi connectivity index (χ0v) is 23.2. The molecule has 0 spiro atoms. The minimum absolute atomic E-state index is 0.119. The van der Waals surface area contributed by atoms with E-state index in [4.69, 9.17) is 18.9 Å². The van der Waals surface area contributed by atoms with E-state index in [1.54, 1.807) is 0 Å². The molecule has 9 nitrogen and oxygen atoms in total. The maximum Gasteiger partial charge on any atom is 0.303 e. The topological polar surface area (TPSA) is 135 Å². The molecule has 1 aliphatic rings. The van der Waals surface area contributed by atoms with Gasteiger partial charge in [-0.3, -0.25) is 4.79 Å². The van der Waals surface area contributed by atoms with E-state index in [1.165, 1.54) is 26.2 Å². The van der Waals surface area contributed by atoms with E-state index in [2.05, 4.69) is 43.4 Å². The number of unbranched alkanes of at least 4 members (excludes halogenated alkanes) is 6. The number of allylic oxidation sites excluding steroid dienone is 6. The van der Waals surface area contributed by atoms with Crippen LogP contribution in [0.5, 0.6) is 0 Å². The first kappa shape index (κ1) is 34.4. The van der Waals surface area contributed by atoms with Gasteiger partial charge in [-0.25, -0.2) is 0 Å². The monoisotopic (exact) mass is 542 g/mol. The second-order valence-electron chi connectivity index (χ2n) is 9.54. The largest absolute Gasteiger partial charge is 0.458 e. The Bertz CT molecular complexity index is 677. The third kappa shape index (κ3) is 15.7. The standard InChI is InChI=1S/C29H50O9/c1-3-4-5-6-7-8-9-10-11-12-13-14-15-16-17-18-19-35-21-24(37-23(2)31)22-36-29-28(34)27(33)26(32)25(20-30)38-29/h4-5,7-8,10-11,24-30,32-34H,3,6,9,12-22H2,1-2H3/b5-4-,8-7-,11-10-. The van der Waals surface area contributed by atoms with Crippen LogP contribution in [0, 0.1) is 0 Å². The molecular weight excluding hydrogens is 492 g/mol. The number of aliphatic hydroxyl groups excluding tert-OH is 4. The third-order valence-corrected chi connectivity index (χ3v) is 6.12. The second kappa shape index (κ2) is 22.2. The number of esters is 1. The van der Waals surface area contributed by atoms with Crippen LogP contribution in [0.1, 0.15) is 78.1 Å². The van der Waals surface area contributed by atoms with Crippen LogP contribution in [0.2, 0.25) is 0 Å². The van der Waals surface area contributed by atoms with E-state index in [-0.39, 0.29) is 13.2 Å². The van der Waals surface area contributed by atoms with Gasteiger partial charge in [-0.2, -0.15) is 0 Å². The Labute approximate surface area is 228 Å². The van der Waals surface area contributed by atoms with Gasteiger partial charge in [0.25, 0.3) is 0 Å². The molecule has 0 amide bonds. The molecule has 0 bridgehead atoms. The fraction of sp³-hybridized carbons (Fsp3) is 0.759. The maximum absolute atomic E-state index is 11.4. The second-order valence-corrected chi connectivity index (χ2v) is 9.54. The fourth-order valence-electron chi connectivity index (χ4n) is 3.97. The average molecular weight is 543 g/mol. The van der Waals surface area contributed by atoms with Gasteiger partial charge < -0.3 is 39.4 Å². The van der Waals surface area contributed by atoms with Crippen molar-refractivity contribution in [3.8, 4) is 0 Å². The molecule has 0 aliphatic carbocycles. The first-order chi connectivity index (χ1) is 18.4. The zero-order valence-electron chi connectivity index (χ0n) is 23.2. The average Bonchev–Trinajstić information content (AvgIpc) is 2.90. The lowest BCUT2D eigenvalue weighted by Gasteiger charge is -2.39. The van der Waals surface area contributed by atoms with Gasteiger partial charge in [0, 0.05) is 13.5 Å². The Morgan fingerprint density at radius 1 is 0.842 bits per heavy atom. The number of carbonyl (C=O) groups excluding carboxylic acids is 1. The van der Waals surface area contributed by atoms with Crippen LogP contribution in [0.4, 0.5) is 0 Å². The number of aliphatic hydroxyl groups is 4. The highest BCUT2D eigenvalue weighted by Crippen LogP contribution is 2.22. The Kier molecular flexibility index (Phi) is 20.2. The molecule has 0 aromatic heterocycles. The molecule has 1 aliphatic heterocycles. The van der Waals surface area contributed by atoms with E-state index in [1.807, 2.05) is 0 Å². The van der Waals surface area contributed by atoms with Crippen LogP contribution >= 0.6 is 0 Å². The van der Waals surface area contributed by atoms with E-state index in [0.29, 0.717) is 6.61 Å². The van der Waals surface area contributed by atoms with Gasteiger partial charge in [-0.05, 0) is 38.5 Å². The van der Waals surface area contributed by atoms with Crippen molar-refractivity contribution in [2.75, 3.05) is 26.4 Å². The Morgan fingerprint density at radius 2 is 1.47 bits per heavy atom. The maximum atomic E-state index is 11.4. The quantitative estimate of drug-likeness (QED) is 0.0978. The molecule has 6 atom stereocenters. The molecule has 6 unspecified atom stereocenters. The lowest BCUT2D eigenvalue weighted by Crippen LogP contribution is -2.59. The van der Waals surface area contributed by atoms with Crippen molar-refractivity contribution < 1.29 is 44.2 Å². The highest BCUT2D eigenvalue weighted by Gasteiger charge is 2.44. The summed E-state index contributed by atoms with van der Waals surface area (Å²) in [7, 11) is 0. The van der Waals surface area contributed by atoms with Crippen molar-refractivity contribution in [1.29, 1.82) is 0 Å². The van der Waals surface area contributed by atoms with Crippen LogP contribution in [0.3, 0.4) is 0 Å². The molecule has 220 valence electrons. The summed E-state index contributed by atoms with van der Waals surface area (Å²) in [6.07, 6.45) is 16.7. The first-order valence-corrected chi connectivity index (χ1v) is 14.0. The van der Waals surface area contributed by atoms with Gasteiger partial charge in [-0.1, -0.05) is 69.1 Å². The molecule has 1 heterocycles. The van der Waals surface area contributed by atoms with Gasteiger partial charge >= 0.3 is 5.97 Å². The van der Waals surface area contributed by atoms with E-state index >= 15 is 0 Å². The van der Waals surface area contributed by atoms with Crippen LogP contribution < -0.4 is 0 Å². The Morgan fingerprint density at radius 3 is 2.13 bits per heavy atom. The number of carbonyl (C=O) groups is 1. The van der Waals surface area contributed by atoms with E-state index in [9.17, 15) is 25.2 Å². The highest BCUT2D eigenvalue weighted by atomic mass is 16.7. The molecule has 0 aromatic rings. The summed E-state index contributed by atoms with van der Waals surface area (Å²) < 4.78 is 21.6. The Balaban J connectivity index is 2.11. The minimum atomic E-state index is -1.53. The van der Waals surface area contributed by atoms with E-state index in [0.717, 1.165) is 44.9 Å². The molecule has 1 saturated heterocycles. The third-order valence-electron chi connectivity index (χ3n) is 6.12. The highest BCUT2D eigenvalue weighted by molar-refractivity contribution is 5.66. The first-order valence-electron chi connectivity index (χ1n) is 14.0. The summed E-state index contributed by atoms with van der Waals surface area (Å²) in [4.78, 5) is 11.4. The molecule has 38 heavy (non-hydrogen) atoms. The molecule has 0 aromatic carbocycles. The van der Waals surface area contributed by atoms with Gasteiger partial charge in [-0.15, -0.1) is 0 Å². The lowest BCUT2D eigenvalue weighted by molar-refractivity contribution is -0.305. The van der Waals surface area contributed by atoms with Crippen molar-refractivity contribution in [1.82, 2.24) is 0 Å². The summed E-state index contributed by atoms with van der Waals surface area (Å²) in [6.45, 7) is 3.39. The molecular formula is C29H50O9. The number of hydrogen-bond donors (Lipinski definition) is 4. The normalized spacial score (nSPS) is 25.1. The lowest BCUT2D eigenvalue weighted by atomic mass is 9.99. The van der Waals surface area contributed by atoms with Crippen molar-refractivity contribution in [3.05, 3.63) is 36.5 Å². The summed E-state index contributed by atoms with van der Waals surface area (Å²) >= 11 is 0. The van der Waals surface area contributed by atoms with Crippen LogP contribution in [0.25, 0.3) is 0 Å². The summed E-state index contributed by atoms with van der Waals surface area (Å²) in [6, 6.07) is 0. The molecule has 4 N–H and O–H groups in total. The number of rotatable bonds is 21. The summed E-state index contributed by atoms with van der Waals surface area (Å²) in [5.41, 5.74) is 0. The number of hydrogen-bond acceptors (Lipinski definition) is 9. The summed E-state index contributed by atoms with van der Waals surface area (Å²) in [5, 5.41) is 39.0. The summed E-state index contributed by atoms with van der Waals surface area (Å²) in [5.74, 6) is -0.498. The molecule has 0 radical (unpaired) electrons. The van der Waals surface area contributed by atoms with Gasteiger partial charge in [0.05, 0.1) is 19.8 Å². The predicted molar refractivity (Wildman–Crippen MR) is 145 cm³/mol. The predicted octanol–water partition coefficient (Wildman–Crippen LogP) is 3.34. The van der Waals surface area contributed by atoms with Gasteiger partial charge in [0.15, 0.2) is 6.29 Å². The molecule has 1 fully saturated rings. The zero-order chi connectivity index (χ0) is 28.0. The van der Waals surface area contributed by atoms with Gasteiger partial charge in [0.2, 0.25) is 0 Å².